The van der Waals surface area contributed by atoms with E-state index in [1.807, 2.05) is 46.8 Å². The highest BCUT2D eigenvalue weighted by molar-refractivity contribution is 6.05. The standard InChI is InChI=1S/C18H26N2O3/c1-7-22-11-12(2)20-13(3)15(17(21)23-18(4,5)6)14-9-8-10-19-16(14)20/h8-10,12H,7,11H2,1-6H3. The van der Waals surface area contributed by atoms with E-state index in [0.29, 0.717) is 18.8 Å². The highest BCUT2D eigenvalue weighted by Crippen LogP contribution is 2.29. The molecule has 0 N–H and O–H groups in total. The Bertz CT molecular complexity index is 698. The minimum atomic E-state index is -0.531. The van der Waals surface area contributed by atoms with Crippen LogP contribution in [0.15, 0.2) is 18.3 Å². The fourth-order valence-electron chi connectivity index (χ4n) is 2.75. The van der Waals surface area contributed by atoms with Crippen LogP contribution in [0.5, 0.6) is 0 Å². The number of rotatable bonds is 5. The van der Waals surface area contributed by atoms with Gasteiger partial charge in [-0.05, 0) is 53.7 Å². The number of hydrogen-bond acceptors (Lipinski definition) is 4. The Hall–Kier alpha value is -1.88. The summed E-state index contributed by atoms with van der Waals surface area (Å²) in [6, 6.07) is 3.84. The van der Waals surface area contributed by atoms with Crippen molar-refractivity contribution in [2.45, 2.75) is 53.2 Å². The summed E-state index contributed by atoms with van der Waals surface area (Å²) in [6.07, 6.45) is 1.74. The van der Waals surface area contributed by atoms with Crippen LogP contribution in [0.4, 0.5) is 0 Å². The van der Waals surface area contributed by atoms with Gasteiger partial charge in [0.15, 0.2) is 0 Å². The van der Waals surface area contributed by atoms with Crippen molar-refractivity contribution in [2.24, 2.45) is 0 Å². The SMILES string of the molecule is CCOCC(C)n1c(C)c(C(=O)OC(C)(C)C)c2cccnc21. The van der Waals surface area contributed by atoms with E-state index in [-0.39, 0.29) is 12.0 Å². The van der Waals surface area contributed by atoms with Crippen LogP contribution in [0.1, 0.15) is 56.7 Å². The van der Waals surface area contributed by atoms with Crippen molar-refractivity contribution in [3.05, 3.63) is 29.6 Å². The zero-order chi connectivity index (χ0) is 17.2. The predicted octanol–water partition coefficient (Wildman–Crippen LogP) is 3.90. The van der Waals surface area contributed by atoms with Gasteiger partial charge in [-0.1, -0.05) is 0 Å². The molecule has 0 fully saturated rings. The van der Waals surface area contributed by atoms with Crippen LogP contribution in [0, 0.1) is 6.92 Å². The second-order valence-corrected chi connectivity index (χ2v) is 6.72. The maximum Gasteiger partial charge on any atom is 0.341 e. The fraction of sp³-hybridized carbons (Fsp3) is 0.556. The van der Waals surface area contributed by atoms with E-state index in [9.17, 15) is 4.79 Å². The van der Waals surface area contributed by atoms with Crippen molar-refractivity contribution in [1.29, 1.82) is 0 Å². The first kappa shape index (κ1) is 17.5. The smallest absolute Gasteiger partial charge is 0.341 e. The molecule has 0 saturated carbocycles. The number of aromatic nitrogens is 2. The molecule has 0 bridgehead atoms. The highest BCUT2D eigenvalue weighted by Gasteiger charge is 2.27. The van der Waals surface area contributed by atoms with Crippen LogP contribution in [0.3, 0.4) is 0 Å². The summed E-state index contributed by atoms with van der Waals surface area (Å²) in [5.41, 5.74) is 1.71. The highest BCUT2D eigenvalue weighted by atomic mass is 16.6. The molecule has 126 valence electrons. The van der Waals surface area contributed by atoms with E-state index in [4.69, 9.17) is 9.47 Å². The summed E-state index contributed by atoms with van der Waals surface area (Å²) < 4.78 is 13.2. The topological polar surface area (TPSA) is 53.4 Å². The molecule has 1 atom stereocenters. The van der Waals surface area contributed by atoms with Crippen LogP contribution in [-0.2, 0) is 9.47 Å². The average Bonchev–Trinajstić information content (AvgIpc) is 2.75. The minimum absolute atomic E-state index is 0.0866. The Kier molecular flexibility index (Phi) is 5.09. The Morgan fingerprint density at radius 1 is 1.39 bits per heavy atom. The van der Waals surface area contributed by atoms with Gasteiger partial charge >= 0.3 is 5.97 Å². The number of hydrogen-bond donors (Lipinski definition) is 0. The first-order valence-corrected chi connectivity index (χ1v) is 8.02. The molecule has 2 rings (SSSR count). The lowest BCUT2D eigenvalue weighted by atomic mass is 10.1. The van der Waals surface area contributed by atoms with E-state index in [1.54, 1.807) is 6.20 Å². The molecule has 0 saturated heterocycles. The summed E-state index contributed by atoms with van der Waals surface area (Å²) in [5, 5.41) is 0.822. The van der Waals surface area contributed by atoms with Crippen molar-refractivity contribution in [2.75, 3.05) is 13.2 Å². The third-order valence-electron chi connectivity index (χ3n) is 3.61. The van der Waals surface area contributed by atoms with E-state index in [0.717, 1.165) is 16.7 Å². The Morgan fingerprint density at radius 3 is 2.70 bits per heavy atom. The second kappa shape index (κ2) is 6.71. The van der Waals surface area contributed by atoms with E-state index >= 15 is 0 Å². The third-order valence-corrected chi connectivity index (χ3v) is 3.61. The van der Waals surface area contributed by atoms with Crippen LogP contribution in [0.2, 0.25) is 0 Å². The molecule has 2 heterocycles. The lowest BCUT2D eigenvalue weighted by molar-refractivity contribution is 0.00704. The lowest BCUT2D eigenvalue weighted by Crippen LogP contribution is -2.24. The zero-order valence-electron chi connectivity index (χ0n) is 14.8. The monoisotopic (exact) mass is 318 g/mol. The molecule has 0 aromatic carbocycles. The largest absolute Gasteiger partial charge is 0.456 e. The van der Waals surface area contributed by atoms with Gasteiger partial charge in [-0.2, -0.15) is 0 Å². The number of carbonyl (C=O) groups excluding carboxylic acids is 1. The molecule has 2 aromatic heterocycles. The normalized spacial score (nSPS) is 13.3. The van der Waals surface area contributed by atoms with Crippen LogP contribution < -0.4 is 0 Å². The molecule has 0 aliphatic rings. The van der Waals surface area contributed by atoms with Gasteiger partial charge in [0.2, 0.25) is 0 Å². The van der Waals surface area contributed by atoms with E-state index in [2.05, 4.69) is 16.5 Å². The number of carbonyl (C=O) groups is 1. The summed E-state index contributed by atoms with van der Waals surface area (Å²) in [5.74, 6) is -0.310. The maximum atomic E-state index is 12.7. The molecule has 5 nitrogen and oxygen atoms in total. The van der Waals surface area contributed by atoms with Crippen molar-refractivity contribution >= 4 is 17.0 Å². The molecule has 0 aliphatic heterocycles. The first-order valence-electron chi connectivity index (χ1n) is 8.02. The predicted molar refractivity (Wildman–Crippen MR) is 90.8 cm³/mol. The molecule has 0 aliphatic carbocycles. The number of nitrogens with zero attached hydrogens (tertiary/aromatic N) is 2. The summed E-state index contributed by atoms with van der Waals surface area (Å²) >= 11 is 0. The molecule has 1 unspecified atom stereocenters. The molecule has 23 heavy (non-hydrogen) atoms. The molecule has 0 radical (unpaired) electrons. The van der Waals surface area contributed by atoms with Gasteiger partial charge in [0.1, 0.15) is 11.2 Å². The average molecular weight is 318 g/mol. The van der Waals surface area contributed by atoms with Crippen LogP contribution >= 0.6 is 0 Å². The van der Waals surface area contributed by atoms with Gasteiger partial charge in [0, 0.05) is 23.9 Å². The molecular weight excluding hydrogens is 292 g/mol. The molecule has 0 spiro atoms. The number of fused-ring (bicyclic) bond motifs is 1. The number of ether oxygens (including phenoxy) is 2. The van der Waals surface area contributed by atoms with Crippen molar-refractivity contribution in [3.8, 4) is 0 Å². The first-order chi connectivity index (χ1) is 10.8. The van der Waals surface area contributed by atoms with Crippen molar-refractivity contribution < 1.29 is 14.3 Å². The number of esters is 1. The second-order valence-electron chi connectivity index (χ2n) is 6.72. The van der Waals surface area contributed by atoms with Crippen LogP contribution in [0.25, 0.3) is 11.0 Å². The van der Waals surface area contributed by atoms with Gasteiger partial charge in [-0.15, -0.1) is 0 Å². The zero-order valence-corrected chi connectivity index (χ0v) is 14.8. The van der Waals surface area contributed by atoms with Gasteiger partial charge in [0.25, 0.3) is 0 Å². The lowest BCUT2D eigenvalue weighted by Gasteiger charge is -2.20. The van der Waals surface area contributed by atoms with Gasteiger partial charge in [-0.25, -0.2) is 9.78 Å². The van der Waals surface area contributed by atoms with Gasteiger partial charge < -0.3 is 14.0 Å². The van der Waals surface area contributed by atoms with Gasteiger partial charge in [0.05, 0.1) is 18.2 Å². The molecular formula is C18H26N2O3. The molecule has 0 amide bonds. The number of pyridine rings is 1. The fourth-order valence-corrected chi connectivity index (χ4v) is 2.75. The quantitative estimate of drug-likeness (QED) is 0.785. The van der Waals surface area contributed by atoms with E-state index in [1.165, 1.54) is 0 Å². The summed E-state index contributed by atoms with van der Waals surface area (Å²) in [6.45, 7) is 12.8. The minimum Gasteiger partial charge on any atom is -0.456 e. The van der Waals surface area contributed by atoms with Crippen molar-refractivity contribution in [1.82, 2.24) is 9.55 Å². The molecule has 2 aromatic rings. The van der Waals surface area contributed by atoms with Crippen molar-refractivity contribution in [3.63, 3.8) is 0 Å². The van der Waals surface area contributed by atoms with Crippen LogP contribution in [-0.4, -0.2) is 34.3 Å². The Morgan fingerprint density at radius 2 is 2.09 bits per heavy atom. The van der Waals surface area contributed by atoms with E-state index < -0.39 is 5.60 Å². The third kappa shape index (κ3) is 3.72. The summed E-state index contributed by atoms with van der Waals surface area (Å²) in [7, 11) is 0. The molecule has 5 heteroatoms. The van der Waals surface area contributed by atoms with Gasteiger partial charge in [-0.3, -0.25) is 0 Å². The maximum absolute atomic E-state index is 12.7. The Balaban J connectivity index is 2.54. The summed E-state index contributed by atoms with van der Waals surface area (Å²) in [4.78, 5) is 17.1. The Labute approximate surface area is 137 Å².